The topological polar surface area (TPSA) is 14.8 Å². The molecule has 0 unspecified atom stereocenters. The summed E-state index contributed by atoms with van der Waals surface area (Å²) in [6.45, 7) is 0. The maximum absolute atomic E-state index is 2.68. The maximum atomic E-state index is 2.49. The molecule has 0 spiro atoms. The highest BCUT2D eigenvalue weighted by Gasteiger charge is 2.41. The van der Waals surface area contributed by atoms with Crippen LogP contribution in [0.5, 0.6) is 0 Å². The maximum Gasteiger partial charge on any atom is 0.179 e. The van der Waals surface area contributed by atoms with Crippen LogP contribution in [0.15, 0.2) is 249 Å². The third-order valence-electron chi connectivity index (χ3n) is 13.6. The van der Waals surface area contributed by atoms with Crippen molar-refractivity contribution < 1.29 is 0 Å². The summed E-state index contributed by atoms with van der Waals surface area (Å²) in [7, 11) is -2.68. The van der Waals surface area contributed by atoms with Crippen LogP contribution in [-0.2, 0) is 0 Å². The van der Waals surface area contributed by atoms with Crippen LogP contribution in [0, 0.1) is 0 Å². The molecule has 3 nitrogen and oxygen atoms in total. The first-order valence-electron chi connectivity index (χ1n) is 22.1. The number of fused-ring (bicyclic) bond motifs is 9. The lowest BCUT2D eigenvalue weighted by Gasteiger charge is -2.34. The van der Waals surface area contributed by atoms with Gasteiger partial charge in [0.05, 0.1) is 38.8 Å². The van der Waals surface area contributed by atoms with Gasteiger partial charge in [0.25, 0.3) is 0 Å². The molecule has 300 valence electrons. The Kier molecular flexibility index (Phi) is 8.23. The van der Waals surface area contributed by atoms with Crippen molar-refractivity contribution in [1.82, 2.24) is 13.7 Å². The lowest BCUT2D eigenvalue weighted by molar-refractivity contribution is 1.16. The molecule has 0 fully saturated rings. The second kappa shape index (κ2) is 14.5. The largest absolute Gasteiger partial charge is 0.309 e. The van der Waals surface area contributed by atoms with Gasteiger partial charge in [0.1, 0.15) is 0 Å². The fourth-order valence-electron chi connectivity index (χ4n) is 11.0. The first kappa shape index (κ1) is 36.5. The van der Waals surface area contributed by atoms with Crippen LogP contribution < -0.4 is 20.7 Å². The van der Waals surface area contributed by atoms with Crippen LogP contribution >= 0.6 is 0 Å². The van der Waals surface area contributed by atoms with E-state index in [1.54, 1.807) is 0 Å². The molecule has 0 N–H and O–H groups in total. The second-order valence-electron chi connectivity index (χ2n) is 16.8. The number of rotatable bonds is 7. The van der Waals surface area contributed by atoms with Crippen LogP contribution in [0.25, 0.3) is 82.5 Å². The Morgan fingerprint density at radius 3 is 1.16 bits per heavy atom. The minimum absolute atomic E-state index is 1.14. The molecule has 4 heteroatoms. The zero-order valence-electron chi connectivity index (χ0n) is 35.0. The lowest BCUT2D eigenvalue weighted by Crippen LogP contribution is -2.74. The monoisotopic (exact) mass is 831 g/mol. The van der Waals surface area contributed by atoms with E-state index in [1.807, 2.05) is 0 Å². The Hall–Kier alpha value is -8.18. The SMILES string of the molecule is c1ccc([Si](c2ccccc2)(c2ccccc2)c2ccc(-n3c4ccccc4c4c(-n5c6ccccc6c6cc(-n7c8ccccc8c8ccccc87)ccc65)cccc43)cc2)cc1. The number of hydrogen-bond donors (Lipinski definition) is 0. The Morgan fingerprint density at radius 2 is 0.609 bits per heavy atom. The van der Waals surface area contributed by atoms with Crippen LogP contribution in [-0.4, -0.2) is 21.8 Å². The Bertz CT molecular complexity index is 3730. The molecule has 0 saturated carbocycles. The molecule has 3 aromatic heterocycles. The van der Waals surface area contributed by atoms with Crippen molar-refractivity contribution in [2.24, 2.45) is 0 Å². The standard InChI is InChI=1S/C60H41N3Si/c1-4-19-44(20-5-1)64(45-21-6-2-7-22-45,46-23-8-3-9-24-46)47-38-35-42(36-39-47)61-56-32-17-13-28-51(56)60-58(61)33-18-34-59(60)63-55-31-16-12-27-50(55)52-41-43(37-40-57(52)63)62-53-29-14-10-25-48(53)49-26-11-15-30-54(49)62/h1-41H. The second-order valence-corrected chi connectivity index (χ2v) is 20.7. The Morgan fingerprint density at radius 1 is 0.234 bits per heavy atom. The Balaban J connectivity index is 1.02. The fourth-order valence-corrected chi connectivity index (χ4v) is 15.7. The van der Waals surface area contributed by atoms with Crippen LogP contribution in [0.2, 0.25) is 0 Å². The van der Waals surface area contributed by atoms with Gasteiger partial charge in [-0.1, -0.05) is 182 Å². The van der Waals surface area contributed by atoms with Crippen molar-refractivity contribution in [3.63, 3.8) is 0 Å². The van der Waals surface area contributed by atoms with Crippen LogP contribution in [0.4, 0.5) is 0 Å². The Labute approximate surface area is 372 Å². The molecule has 0 aliphatic heterocycles. The van der Waals surface area contributed by atoms with Gasteiger partial charge >= 0.3 is 0 Å². The van der Waals surface area contributed by atoms with Gasteiger partial charge in [0.2, 0.25) is 0 Å². The molecule has 64 heavy (non-hydrogen) atoms. The third-order valence-corrected chi connectivity index (χ3v) is 18.4. The summed E-state index contributed by atoms with van der Waals surface area (Å²) in [6.07, 6.45) is 0. The van der Waals surface area contributed by atoms with Gasteiger partial charge in [-0.15, -0.1) is 0 Å². The highest BCUT2D eigenvalue weighted by atomic mass is 28.3. The number of hydrogen-bond acceptors (Lipinski definition) is 0. The van der Waals surface area contributed by atoms with Crippen LogP contribution in [0.3, 0.4) is 0 Å². The zero-order valence-corrected chi connectivity index (χ0v) is 36.0. The summed E-state index contributed by atoms with van der Waals surface area (Å²) in [5.74, 6) is 0. The van der Waals surface area contributed by atoms with E-state index in [4.69, 9.17) is 0 Å². The molecule has 0 saturated heterocycles. The normalized spacial score (nSPS) is 12.1. The van der Waals surface area contributed by atoms with Gasteiger partial charge in [-0.25, -0.2) is 0 Å². The fraction of sp³-hybridized carbons (Fsp3) is 0. The molecule has 13 aromatic rings. The average Bonchev–Trinajstić information content (AvgIpc) is 4.01. The predicted octanol–water partition coefficient (Wildman–Crippen LogP) is 12.4. The van der Waals surface area contributed by atoms with Gasteiger partial charge in [-0.3, -0.25) is 0 Å². The average molecular weight is 832 g/mol. The van der Waals surface area contributed by atoms with Crippen molar-refractivity contribution in [3.8, 4) is 17.1 Å². The molecular formula is C60H41N3Si. The first-order valence-corrected chi connectivity index (χ1v) is 24.1. The van der Waals surface area contributed by atoms with E-state index >= 15 is 0 Å². The number of aromatic nitrogens is 3. The first-order chi connectivity index (χ1) is 31.8. The van der Waals surface area contributed by atoms with Gasteiger partial charge in [0.15, 0.2) is 8.07 Å². The van der Waals surface area contributed by atoms with Gasteiger partial charge in [-0.05, 0) is 87.5 Å². The lowest BCUT2D eigenvalue weighted by atomic mass is 10.1. The summed E-state index contributed by atoms with van der Waals surface area (Å²) >= 11 is 0. The molecule has 0 bridgehead atoms. The van der Waals surface area contributed by atoms with E-state index in [9.17, 15) is 0 Å². The predicted molar refractivity (Wildman–Crippen MR) is 273 cm³/mol. The summed E-state index contributed by atoms with van der Waals surface area (Å²) < 4.78 is 7.37. The minimum atomic E-state index is -2.68. The molecule has 3 heterocycles. The van der Waals surface area contributed by atoms with Crippen molar-refractivity contribution in [2.75, 3.05) is 0 Å². The third kappa shape index (κ3) is 5.27. The van der Waals surface area contributed by atoms with Crippen molar-refractivity contribution in [1.29, 1.82) is 0 Å². The van der Waals surface area contributed by atoms with Gasteiger partial charge < -0.3 is 13.7 Å². The molecule has 0 amide bonds. The quantitative estimate of drug-likeness (QED) is 0.112. The van der Waals surface area contributed by atoms with E-state index in [1.165, 1.54) is 91.9 Å². The van der Waals surface area contributed by atoms with Gasteiger partial charge in [0, 0.05) is 43.7 Å². The summed E-state index contributed by atoms with van der Waals surface area (Å²) in [5, 5.41) is 12.9. The van der Waals surface area contributed by atoms with E-state index in [-0.39, 0.29) is 0 Å². The van der Waals surface area contributed by atoms with Crippen LogP contribution in [0.1, 0.15) is 0 Å². The molecule has 0 aliphatic rings. The number of benzene rings is 10. The molecule has 0 atom stereocenters. The van der Waals surface area contributed by atoms with E-state index in [0.717, 1.165) is 11.4 Å². The molecule has 10 aromatic carbocycles. The van der Waals surface area contributed by atoms with E-state index < -0.39 is 8.07 Å². The number of para-hydroxylation sites is 4. The molecule has 0 radical (unpaired) electrons. The smallest absolute Gasteiger partial charge is 0.179 e. The number of nitrogens with zero attached hydrogens (tertiary/aromatic N) is 3. The summed E-state index contributed by atoms with van der Waals surface area (Å²) in [6, 6.07) is 92.1. The van der Waals surface area contributed by atoms with E-state index in [2.05, 4.69) is 262 Å². The van der Waals surface area contributed by atoms with Crippen molar-refractivity contribution in [2.45, 2.75) is 0 Å². The zero-order chi connectivity index (χ0) is 42.2. The summed E-state index contributed by atoms with van der Waals surface area (Å²) in [4.78, 5) is 0. The van der Waals surface area contributed by atoms with Gasteiger partial charge in [-0.2, -0.15) is 0 Å². The molecule has 13 rings (SSSR count). The van der Waals surface area contributed by atoms with Crippen molar-refractivity contribution in [3.05, 3.63) is 249 Å². The summed E-state index contributed by atoms with van der Waals surface area (Å²) in [5.41, 5.74) is 10.6. The van der Waals surface area contributed by atoms with E-state index in [0.29, 0.717) is 0 Å². The molecule has 0 aliphatic carbocycles. The highest BCUT2D eigenvalue weighted by molar-refractivity contribution is 7.19. The minimum Gasteiger partial charge on any atom is -0.309 e. The van der Waals surface area contributed by atoms with Crippen molar-refractivity contribution >= 4 is 94.2 Å². The molecular weight excluding hydrogens is 791 g/mol. The highest BCUT2D eigenvalue weighted by Crippen LogP contribution is 2.41.